The molecular weight excluding hydrogens is 438 g/mol. The van der Waals surface area contributed by atoms with Crippen molar-refractivity contribution in [3.8, 4) is 0 Å². The highest BCUT2D eigenvalue weighted by Crippen LogP contribution is 2.32. The van der Waals surface area contributed by atoms with Crippen LogP contribution in [-0.4, -0.2) is 48.7 Å². The molecule has 1 N–H and O–H groups in total. The van der Waals surface area contributed by atoms with Crippen LogP contribution in [0.5, 0.6) is 0 Å². The van der Waals surface area contributed by atoms with E-state index in [4.69, 9.17) is 4.74 Å². The van der Waals surface area contributed by atoms with Crippen LogP contribution in [0, 0.1) is 0 Å². The van der Waals surface area contributed by atoms with E-state index >= 15 is 0 Å². The zero-order chi connectivity index (χ0) is 25.0. The molecular formula is C29H41N3O3. The fraction of sp³-hybridized carbons (Fsp3) is 0.517. The third-order valence-electron chi connectivity index (χ3n) is 7.13. The number of hydrogen-bond acceptors (Lipinski definition) is 4. The molecule has 2 fully saturated rings. The zero-order valence-electron chi connectivity index (χ0n) is 21.5. The Morgan fingerprint density at radius 1 is 0.971 bits per heavy atom. The summed E-state index contributed by atoms with van der Waals surface area (Å²) in [4.78, 5) is 29.1. The number of benzene rings is 2. The van der Waals surface area contributed by atoms with Crippen LogP contribution in [-0.2, 0) is 4.74 Å². The van der Waals surface area contributed by atoms with E-state index in [-0.39, 0.29) is 19.5 Å². The lowest BCUT2D eigenvalue weighted by atomic mass is 9.84. The first-order chi connectivity index (χ1) is 16.7. The van der Waals surface area contributed by atoms with Crippen molar-refractivity contribution in [1.82, 2.24) is 4.90 Å². The number of amides is 2. The molecule has 0 aromatic heterocycles. The maximum absolute atomic E-state index is 12.8. The molecule has 2 amide bonds. The van der Waals surface area contributed by atoms with Gasteiger partial charge in [-0.3, -0.25) is 4.79 Å². The van der Waals surface area contributed by atoms with E-state index in [1.54, 1.807) is 4.90 Å². The third kappa shape index (κ3) is 6.56. The second kappa shape index (κ2) is 10.7. The van der Waals surface area contributed by atoms with Gasteiger partial charge in [-0.25, -0.2) is 4.79 Å². The number of nitrogens with zero attached hydrogens (tertiary/aromatic N) is 2. The molecule has 2 aliphatic rings. The Kier molecular flexibility index (Phi) is 7.68. The van der Waals surface area contributed by atoms with Crippen molar-refractivity contribution in [2.24, 2.45) is 0 Å². The Labute approximate surface area is 211 Å². The van der Waals surface area contributed by atoms with Gasteiger partial charge in [-0.05, 0) is 87.9 Å². The molecule has 0 spiro atoms. The highest BCUT2D eigenvalue weighted by molar-refractivity contribution is 6.04. The van der Waals surface area contributed by atoms with Crippen LogP contribution in [0.2, 0.25) is 0 Å². The number of likely N-dealkylation sites (N-methyl/N-ethyl adjacent to an activating group) is 1. The second-order valence-electron chi connectivity index (χ2n) is 10.9. The molecule has 6 nitrogen and oxygen atoms in total. The standard InChI is InChI=1S/C29H39N3O3.H2/c1-29(2,3)35-28(34)31(4)26-18-19-32(20-26)25-16-14-24(15-17-25)30-27(33)23-12-10-22(11-13-23)21-8-6-5-7-9-21;/h10-17,21,26H,5-9,18-20H2,1-4H3,(H,30,33);1H. The molecule has 2 aromatic rings. The topological polar surface area (TPSA) is 61.9 Å². The molecule has 190 valence electrons. The number of carbonyl (C=O) groups is 2. The maximum atomic E-state index is 12.8. The van der Waals surface area contributed by atoms with Crippen molar-refractivity contribution in [3.05, 3.63) is 59.7 Å². The largest absolute Gasteiger partial charge is 0.444 e. The van der Waals surface area contributed by atoms with Crippen molar-refractivity contribution in [1.29, 1.82) is 0 Å². The van der Waals surface area contributed by atoms with Gasteiger partial charge < -0.3 is 19.9 Å². The average molecular weight is 480 g/mol. The van der Waals surface area contributed by atoms with Crippen molar-refractivity contribution >= 4 is 23.4 Å². The summed E-state index contributed by atoms with van der Waals surface area (Å²) in [7, 11) is 1.81. The van der Waals surface area contributed by atoms with E-state index in [0.717, 1.165) is 30.9 Å². The van der Waals surface area contributed by atoms with Crippen LogP contribution >= 0.6 is 0 Å². The van der Waals surface area contributed by atoms with Gasteiger partial charge in [0.2, 0.25) is 0 Å². The van der Waals surface area contributed by atoms with E-state index in [9.17, 15) is 9.59 Å². The summed E-state index contributed by atoms with van der Waals surface area (Å²) >= 11 is 0. The number of anilines is 2. The second-order valence-corrected chi connectivity index (χ2v) is 10.9. The summed E-state index contributed by atoms with van der Waals surface area (Å²) in [6.07, 6.45) is 7.08. The molecule has 1 heterocycles. The lowest BCUT2D eigenvalue weighted by molar-refractivity contribution is 0.0238. The summed E-state index contributed by atoms with van der Waals surface area (Å²) in [5, 5.41) is 3.01. The fourth-order valence-corrected chi connectivity index (χ4v) is 5.08. The summed E-state index contributed by atoms with van der Waals surface area (Å²) in [6.45, 7) is 7.28. The average Bonchev–Trinajstić information content (AvgIpc) is 3.34. The first kappa shape index (κ1) is 25.1. The van der Waals surface area contributed by atoms with Crippen molar-refractivity contribution in [2.45, 2.75) is 76.9 Å². The van der Waals surface area contributed by atoms with E-state index in [0.29, 0.717) is 11.5 Å². The Hall–Kier alpha value is -3.02. The molecule has 6 heteroatoms. The van der Waals surface area contributed by atoms with Gasteiger partial charge in [0.05, 0.1) is 6.04 Å². The van der Waals surface area contributed by atoms with Crippen molar-refractivity contribution in [2.75, 3.05) is 30.4 Å². The Balaban J connectivity index is 0.00000361. The minimum absolute atomic E-state index is 0. The predicted molar refractivity (Wildman–Crippen MR) is 143 cm³/mol. The first-order valence-corrected chi connectivity index (χ1v) is 12.9. The number of rotatable bonds is 5. The Bertz CT molecular complexity index is 1010. The summed E-state index contributed by atoms with van der Waals surface area (Å²) in [5.74, 6) is 0.552. The molecule has 1 saturated carbocycles. The smallest absolute Gasteiger partial charge is 0.410 e. The van der Waals surface area contributed by atoms with Crippen molar-refractivity contribution in [3.63, 3.8) is 0 Å². The quantitative estimate of drug-likeness (QED) is 0.520. The maximum Gasteiger partial charge on any atom is 0.410 e. The molecule has 0 radical (unpaired) electrons. The van der Waals surface area contributed by atoms with Crippen LogP contribution in [0.3, 0.4) is 0 Å². The minimum atomic E-state index is -0.499. The van der Waals surface area contributed by atoms with Gasteiger partial charge in [-0.2, -0.15) is 0 Å². The van der Waals surface area contributed by atoms with E-state index in [1.807, 2.05) is 64.2 Å². The number of ether oxygens (including phenoxy) is 1. The first-order valence-electron chi connectivity index (χ1n) is 12.9. The lowest BCUT2D eigenvalue weighted by Crippen LogP contribution is -2.42. The molecule has 4 rings (SSSR count). The summed E-state index contributed by atoms with van der Waals surface area (Å²) in [5.41, 5.74) is 3.39. The number of hydrogen-bond donors (Lipinski definition) is 1. The normalized spacial score (nSPS) is 18.9. The van der Waals surface area contributed by atoms with Gasteiger partial charge in [0.1, 0.15) is 5.60 Å². The highest BCUT2D eigenvalue weighted by atomic mass is 16.6. The molecule has 1 aliphatic heterocycles. The summed E-state index contributed by atoms with van der Waals surface area (Å²) < 4.78 is 5.51. The van der Waals surface area contributed by atoms with Gasteiger partial charge >= 0.3 is 6.09 Å². The van der Waals surface area contributed by atoms with Crippen LogP contribution in [0.25, 0.3) is 0 Å². The van der Waals surface area contributed by atoms with Gasteiger partial charge in [-0.15, -0.1) is 0 Å². The van der Waals surface area contributed by atoms with Crippen LogP contribution in [0.4, 0.5) is 16.2 Å². The van der Waals surface area contributed by atoms with Gasteiger partial charge in [-0.1, -0.05) is 31.4 Å². The number of nitrogens with one attached hydrogen (secondary N) is 1. The van der Waals surface area contributed by atoms with E-state index < -0.39 is 5.60 Å². The number of carbonyl (C=O) groups excluding carboxylic acids is 2. The molecule has 35 heavy (non-hydrogen) atoms. The molecule has 2 aromatic carbocycles. The minimum Gasteiger partial charge on any atom is -0.444 e. The molecule has 1 saturated heterocycles. The highest BCUT2D eigenvalue weighted by Gasteiger charge is 2.31. The summed E-state index contributed by atoms with van der Waals surface area (Å²) in [6, 6.07) is 16.2. The van der Waals surface area contributed by atoms with E-state index in [2.05, 4.69) is 22.3 Å². The Morgan fingerprint density at radius 3 is 2.26 bits per heavy atom. The fourth-order valence-electron chi connectivity index (χ4n) is 5.08. The predicted octanol–water partition coefficient (Wildman–Crippen LogP) is 6.68. The molecule has 1 atom stereocenters. The van der Waals surface area contributed by atoms with E-state index in [1.165, 1.54) is 37.7 Å². The molecule has 1 unspecified atom stereocenters. The molecule has 0 bridgehead atoms. The monoisotopic (exact) mass is 479 g/mol. The third-order valence-corrected chi connectivity index (χ3v) is 7.13. The van der Waals surface area contributed by atoms with Crippen LogP contribution < -0.4 is 10.2 Å². The van der Waals surface area contributed by atoms with Gasteiger partial charge in [0, 0.05) is 38.5 Å². The Morgan fingerprint density at radius 2 is 1.63 bits per heavy atom. The van der Waals surface area contributed by atoms with Gasteiger partial charge in [0.25, 0.3) is 5.91 Å². The molecule has 1 aliphatic carbocycles. The van der Waals surface area contributed by atoms with Gasteiger partial charge in [0.15, 0.2) is 0 Å². The van der Waals surface area contributed by atoms with Crippen LogP contribution in [0.1, 0.15) is 82.6 Å². The lowest BCUT2D eigenvalue weighted by Gasteiger charge is -2.28. The SMILES string of the molecule is CN(C(=O)OC(C)(C)C)C1CCN(c2ccc(NC(=O)c3ccc(C4CCCCC4)cc3)cc2)C1.[HH]. The zero-order valence-corrected chi connectivity index (χ0v) is 21.5. The van der Waals surface area contributed by atoms with Crippen LogP contribution in [0.15, 0.2) is 48.5 Å². The van der Waals surface area contributed by atoms with Crippen molar-refractivity contribution < 1.29 is 15.8 Å².